The zero-order chi connectivity index (χ0) is 25.1. The van der Waals surface area contributed by atoms with Gasteiger partial charge in [-0.05, 0) is 72.2 Å². The Labute approximate surface area is 211 Å². The van der Waals surface area contributed by atoms with Crippen LogP contribution in [0.2, 0.25) is 0 Å². The summed E-state index contributed by atoms with van der Waals surface area (Å²) in [5.74, 6) is 0.813. The molecule has 1 fully saturated rings. The highest BCUT2D eigenvalue weighted by atomic mass is 16.5. The molecule has 2 aromatic carbocycles. The summed E-state index contributed by atoms with van der Waals surface area (Å²) in [4.78, 5) is 18.5. The predicted molar refractivity (Wildman–Crippen MR) is 140 cm³/mol. The quantitative estimate of drug-likeness (QED) is 0.376. The third kappa shape index (κ3) is 5.39. The van der Waals surface area contributed by atoms with Gasteiger partial charge in [0.2, 0.25) is 0 Å². The van der Waals surface area contributed by atoms with Crippen LogP contribution in [0, 0.1) is 13.8 Å². The highest BCUT2D eigenvalue weighted by Gasteiger charge is 2.28. The number of H-pyrrole nitrogens is 1. The molecule has 1 aliphatic heterocycles. The molecule has 0 saturated carbocycles. The Morgan fingerprint density at radius 1 is 1.11 bits per heavy atom. The molecule has 0 aliphatic carbocycles. The molecule has 36 heavy (non-hydrogen) atoms. The Bertz CT molecular complexity index is 1370. The van der Waals surface area contributed by atoms with Crippen molar-refractivity contribution < 1.29 is 4.74 Å². The molecule has 0 amide bonds. The van der Waals surface area contributed by atoms with Crippen molar-refractivity contribution >= 4 is 10.9 Å². The van der Waals surface area contributed by atoms with Crippen molar-refractivity contribution in [1.82, 2.24) is 30.1 Å². The minimum absolute atomic E-state index is 0.0594. The molecule has 4 aromatic rings. The van der Waals surface area contributed by atoms with Gasteiger partial charge in [-0.15, -0.1) is 5.10 Å². The summed E-state index contributed by atoms with van der Waals surface area (Å²) in [5.41, 5.74) is 5.06. The van der Waals surface area contributed by atoms with Gasteiger partial charge in [0.15, 0.2) is 5.82 Å². The predicted octanol–water partition coefficient (Wildman–Crippen LogP) is 4.46. The zero-order valence-corrected chi connectivity index (χ0v) is 21.3. The van der Waals surface area contributed by atoms with E-state index in [1.165, 1.54) is 11.1 Å². The number of tetrazole rings is 1. The molecule has 1 N–H and O–H groups in total. The molecule has 188 valence electrons. The van der Waals surface area contributed by atoms with Crippen molar-refractivity contribution in [1.29, 1.82) is 0 Å². The van der Waals surface area contributed by atoms with Gasteiger partial charge >= 0.3 is 0 Å². The molecule has 3 heterocycles. The molecule has 1 saturated heterocycles. The lowest BCUT2D eigenvalue weighted by Gasteiger charge is -2.30. The van der Waals surface area contributed by atoms with Crippen molar-refractivity contribution in [3.63, 3.8) is 0 Å². The van der Waals surface area contributed by atoms with Crippen LogP contribution in [0.4, 0.5) is 0 Å². The highest BCUT2D eigenvalue weighted by molar-refractivity contribution is 5.79. The Balaban J connectivity index is 1.49. The smallest absolute Gasteiger partial charge is 0.252 e. The molecule has 0 radical (unpaired) electrons. The van der Waals surface area contributed by atoms with E-state index in [-0.39, 0.29) is 17.7 Å². The number of nitrogens with one attached hydrogen (secondary N) is 1. The molecule has 8 nitrogen and oxygen atoms in total. The number of ether oxygens (including phenoxy) is 1. The number of benzene rings is 2. The number of fused-ring (bicyclic) bond motifs is 1. The molecular weight excluding hydrogens is 452 g/mol. The number of aromatic amines is 1. The first-order valence-corrected chi connectivity index (χ1v) is 12.8. The number of aryl methyl sites for hydroxylation is 2. The first-order chi connectivity index (χ1) is 17.5. The number of hydrogen-bond donors (Lipinski definition) is 1. The SMILES string of the molecule is CCC(c1nnnn1CC1CCCO1)N(Cc1ccc(C)cc1)Cc1cc2ccc(C)cc2[nH]c1=O. The number of hydrogen-bond acceptors (Lipinski definition) is 6. The summed E-state index contributed by atoms with van der Waals surface area (Å²) in [6.07, 6.45) is 3.04. The molecule has 2 atom stereocenters. The van der Waals surface area contributed by atoms with Crippen LogP contribution in [-0.4, -0.2) is 42.8 Å². The van der Waals surface area contributed by atoms with E-state index < -0.39 is 0 Å². The molecule has 8 heteroatoms. The van der Waals surface area contributed by atoms with Crippen molar-refractivity contribution in [3.05, 3.63) is 87.0 Å². The lowest BCUT2D eigenvalue weighted by Crippen LogP contribution is -2.33. The molecular formula is C28H34N6O2. The molecule has 0 spiro atoms. The monoisotopic (exact) mass is 486 g/mol. The van der Waals surface area contributed by atoms with E-state index in [9.17, 15) is 4.79 Å². The van der Waals surface area contributed by atoms with Gasteiger partial charge in [-0.25, -0.2) is 4.68 Å². The summed E-state index contributed by atoms with van der Waals surface area (Å²) in [6.45, 7) is 8.87. The van der Waals surface area contributed by atoms with E-state index in [0.717, 1.165) is 53.7 Å². The summed E-state index contributed by atoms with van der Waals surface area (Å²) >= 11 is 0. The Morgan fingerprint density at radius 2 is 1.92 bits per heavy atom. The van der Waals surface area contributed by atoms with E-state index in [1.807, 2.05) is 23.7 Å². The Hall–Kier alpha value is -3.36. The maximum atomic E-state index is 13.1. The van der Waals surface area contributed by atoms with Gasteiger partial charge in [-0.2, -0.15) is 0 Å². The average molecular weight is 487 g/mol. The fraction of sp³-hybridized carbons (Fsp3) is 0.429. The second kappa shape index (κ2) is 10.7. The van der Waals surface area contributed by atoms with Crippen LogP contribution < -0.4 is 5.56 Å². The first kappa shape index (κ1) is 24.3. The largest absolute Gasteiger partial charge is 0.376 e. The average Bonchev–Trinajstić information content (AvgIpc) is 3.54. The topological polar surface area (TPSA) is 88.9 Å². The van der Waals surface area contributed by atoms with Crippen molar-refractivity contribution in [3.8, 4) is 0 Å². The minimum atomic E-state index is -0.0594. The van der Waals surface area contributed by atoms with Crippen LogP contribution in [0.1, 0.15) is 60.3 Å². The molecule has 0 bridgehead atoms. The van der Waals surface area contributed by atoms with Crippen LogP contribution in [0.15, 0.2) is 53.3 Å². The van der Waals surface area contributed by atoms with Crippen LogP contribution in [0.3, 0.4) is 0 Å². The van der Waals surface area contributed by atoms with Crippen molar-refractivity contribution in [2.24, 2.45) is 0 Å². The number of nitrogens with zero attached hydrogens (tertiary/aromatic N) is 5. The van der Waals surface area contributed by atoms with E-state index in [0.29, 0.717) is 19.6 Å². The lowest BCUT2D eigenvalue weighted by molar-refractivity contribution is 0.0888. The normalized spacial score (nSPS) is 16.7. The fourth-order valence-electron chi connectivity index (χ4n) is 5.07. The van der Waals surface area contributed by atoms with Gasteiger partial charge < -0.3 is 9.72 Å². The van der Waals surface area contributed by atoms with Gasteiger partial charge in [0.1, 0.15) is 0 Å². The molecule has 5 rings (SSSR count). The third-order valence-corrected chi connectivity index (χ3v) is 7.04. The van der Waals surface area contributed by atoms with E-state index in [4.69, 9.17) is 4.74 Å². The second-order valence-electron chi connectivity index (χ2n) is 9.88. The maximum absolute atomic E-state index is 13.1. The fourth-order valence-corrected chi connectivity index (χ4v) is 5.07. The van der Waals surface area contributed by atoms with E-state index in [1.54, 1.807) is 0 Å². The molecule has 2 unspecified atom stereocenters. The van der Waals surface area contributed by atoms with Gasteiger partial charge in [-0.3, -0.25) is 9.69 Å². The van der Waals surface area contributed by atoms with Gasteiger partial charge in [0.25, 0.3) is 5.56 Å². The molecule has 1 aliphatic rings. The van der Waals surface area contributed by atoms with Crippen molar-refractivity contribution in [2.75, 3.05) is 6.61 Å². The molecule has 2 aromatic heterocycles. The summed E-state index contributed by atoms with van der Waals surface area (Å²) in [5, 5.41) is 13.8. The lowest BCUT2D eigenvalue weighted by atomic mass is 10.1. The summed E-state index contributed by atoms with van der Waals surface area (Å²) < 4.78 is 7.74. The standard InChI is InChI=1S/C28H34N6O2/c1-4-26(27-30-31-32-34(27)18-24-6-5-13-36-24)33(16-21-10-7-19(2)8-11-21)17-23-15-22-12-9-20(3)14-25(22)29-28(23)35/h7-12,14-15,24,26H,4-6,13,16-18H2,1-3H3,(H,29,35). The van der Waals surface area contributed by atoms with Gasteiger partial charge in [0, 0.05) is 30.8 Å². The van der Waals surface area contributed by atoms with Gasteiger partial charge in [0.05, 0.1) is 18.7 Å². The second-order valence-corrected chi connectivity index (χ2v) is 9.88. The third-order valence-electron chi connectivity index (χ3n) is 7.04. The van der Waals surface area contributed by atoms with Gasteiger partial charge in [-0.1, -0.05) is 48.9 Å². The summed E-state index contributed by atoms with van der Waals surface area (Å²) in [7, 11) is 0. The zero-order valence-electron chi connectivity index (χ0n) is 21.3. The Kier molecular flexibility index (Phi) is 7.25. The Morgan fingerprint density at radius 3 is 2.67 bits per heavy atom. The highest BCUT2D eigenvalue weighted by Crippen LogP contribution is 2.27. The number of aromatic nitrogens is 5. The van der Waals surface area contributed by atoms with E-state index in [2.05, 4.69) is 75.7 Å². The summed E-state index contributed by atoms with van der Waals surface area (Å²) in [6, 6.07) is 16.7. The van der Waals surface area contributed by atoms with E-state index >= 15 is 0 Å². The maximum Gasteiger partial charge on any atom is 0.252 e. The van der Waals surface area contributed by atoms with Crippen LogP contribution in [0.5, 0.6) is 0 Å². The van der Waals surface area contributed by atoms with Crippen LogP contribution in [0.25, 0.3) is 10.9 Å². The van der Waals surface area contributed by atoms with Crippen molar-refractivity contribution in [2.45, 2.75) is 71.8 Å². The minimum Gasteiger partial charge on any atom is -0.376 e. The van der Waals surface area contributed by atoms with Crippen LogP contribution >= 0.6 is 0 Å². The van der Waals surface area contributed by atoms with Crippen LogP contribution in [-0.2, 0) is 24.4 Å². The first-order valence-electron chi connectivity index (χ1n) is 12.8. The number of pyridine rings is 1. The number of rotatable bonds is 9.